The average molecular weight is 478 g/mol. The third kappa shape index (κ3) is 10.0. The smallest absolute Gasteiger partial charge is 0.418 e. The van der Waals surface area contributed by atoms with Crippen molar-refractivity contribution < 1.29 is 33.8 Å². The van der Waals surface area contributed by atoms with E-state index in [4.69, 9.17) is 19.4 Å². The maximum absolute atomic E-state index is 13.0. The molecule has 1 rings (SSSR count). The first-order chi connectivity index (χ1) is 15.7. The summed E-state index contributed by atoms with van der Waals surface area (Å²) in [5.41, 5.74) is -0.161. The summed E-state index contributed by atoms with van der Waals surface area (Å²) < 4.78 is 16.3. The Morgan fingerprint density at radius 3 is 2.18 bits per heavy atom. The van der Waals surface area contributed by atoms with Gasteiger partial charge in [-0.3, -0.25) is 0 Å². The summed E-state index contributed by atoms with van der Waals surface area (Å²) in [6, 6.07) is 5.59. The number of carbonyl (C=O) groups is 3. The minimum absolute atomic E-state index is 0.131. The van der Waals surface area contributed by atoms with Gasteiger partial charge in [-0.05, 0) is 66.2 Å². The van der Waals surface area contributed by atoms with Crippen LogP contribution in [-0.4, -0.2) is 64.4 Å². The van der Waals surface area contributed by atoms with Crippen LogP contribution in [0.2, 0.25) is 0 Å². The monoisotopic (exact) mass is 477 g/mol. The maximum Gasteiger partial charge on any atom is 0.418 e. The van der Waals surface area contributed by atoms with E-state index >= 15 is 0 Å². The van der Waals surface area contributed by atoms with E-state index in [0.29, 0.717) is 17.0 Å². The maximum atomic E-state index is 13.0. The van der Waals surface area contributed by atoms with Gasteiger partial charge in [-0.15, -0.1) is 0 Å². The lowest BCUT2D eigenvalue weighted by Gasteiger charge is -2.31. The quantitative estimate of drug-likeness (QED) is 0.185. The Kier molecular flexibility index (Phi) is 10.3. The molecular weight excluding hydrogens is 442 g/mol. The highest BCUT2D eigenvalue weighted by Gasteiger charge is 2.35. The van der Waals surface area contributed by atoms with E-state index in [1.807, 2.05) is 0 Å². The number of hydrogen-bond acceptors (Lipinski definition) is 8. The number of rotatable bonds is 8. The summed E-state index contributed by atoms with van der Waals surface area (Å²) in [5, 5.41) is 14.6. The van der Waals surface area contributed by atoms with Gasteiger partial charge in [-0.2, -0.15) is 0 Å². The lowest BCUT2D eigenvalue weighted by molar-refractivity contribution is -0.177. The van der Waals surface area contributed by atoms with Gasteiger partial charge < -0.3 is 24.7 Å². The third-order valence-corrected chi connectivity index (χ3v) is 4.01. The van der Waals surface area contributed by atoms with Gasteiger partial charge in [0.2, 0.25) is 0 Å². The Hall–Kier alpha value is -3.40. The molecule has 0 aliphatic heterocycles. The molecule has 0 spiro atoms. The molecule has 0 radical (unpaired) electrons. The van der Waals surface area contributed by atoms with E-state index in [2.05, 4.69) is 17.1 Å². The number of anilines is 1. The van der Waals surface area contributed by atoms with E-state index in [1.165, 1.54) is 6.08 Å². The van der Waals surface area contributed by atoms with Crippen LogP contribution in [0.25, 0.3) is 0 Å². The fourth-order valence-electron chi connectivity index (χ4n) is 2.61. The molecule has 10 nitrogen and oxygen atoms in total. The van der Waals surface area contributed by atoms with Gasteiger partial charge in [0.25, 0.3) is 0 Å². The number of carbonyl (C=O) groups excluding carboxylic acids is 3. The molecule has 3 amide bonds. The van der Waals surface area contributed by atoms with E-state index in [9.17, 15) is 14.4 Å². The highest BCUT2D eigenvalue weighted by molar-refractivity contribution is 6.01. The van der Waals surface area contributed by atoms with E-state index in [-0.39, 0.29) is 6.61 Å². The molecule has 2 N–H and O–H groups in total. The number of oxime groups is 1. The van der Waals surface area contributed by atoms with Crippen molar-refractivity contribution in [3.63, 3.8) is 0 Å². The molecule has 10 heteroatoms. The number of nitrogens with zero attached hydrogens (tertiary/aromatic N) is 2. The van der Waals surface area contributed by atoms with Crippen molar-refractivity contribution in [2.75, 3.05) is 18.5 Å². The molecule has 1 atom stereocenters. The van der Waals surface area contributed by atoms with Crippen LogP contribution in [0.5, 0.6) is 0 Å². The summed E-state index contributed by atoms with van der Waals surface area (Å²) in [6.07, 6.45) is -0.884. The molecule has 0 aromatic heterocycles. The number of benzene rings is 1. The van der Waals surface area contributed by atoms with Crippen LogP contribution in [0, 0.1) is 0 Å². The fourth-order valence-corrected chi connectivity index (χ4v) is 2.61. The molecule has 1 aromatic carbocycles. The third-order valence-electron chi connectivity index (χ3n) is 4.01. The van der Waals surface area contributed by atoms with E-state index < -0.39 is 41.9 Å². The average Bonchev–Trinajstić information content (AvgIpc) is 2.72. The summed E-state index contributed by atoms with van der Waals surface area (Å²) >= 11 is 0. The second kappa shape index (κ2) is 12.2. The Labute approximate surface area is 200 Å². The normalized spacial score (nSPS) is 13.0. The van der Waals surface area contributed by atoms with Gasteiger partial charge in [-0.25, -0.2) is 19.3 Å². The molecule has 0 heterocycles. The fraction of sp³-hybridized carbons (Fsp3) is 0.500. The van der Waals surface area contributed by atoms with Crippen LogP contribution < -0.4 is 5.32 Å². The lowest BCUT2D eigenvalue weighted by Crippen LogP contribution is -2.50. The highest BCUT2D eigenvalue weighted by Crippen LogP contribution is 2.18. The SMILES string of the molecule is C=CCOC(=O)N(CC(OC(C)(C)C)C(=O)OC(C)(C)C)C(=O)Nc1ccc(C(C)=NO)cc1. The molecular formula is C24H35N3O7. The Bertz CT molecular complexity index is 897. The minimum atomic E-state index is -1.26. The first-order valence-electron chi connectivity index (χ1n) is 10.7. The summed E-state index contributed by atoms with van der Waals surface area (Å²) in [6.45, 7) is 14.9. The van der Waals surface area contributed by atoms with Crippen molar-refractivity contribution in [2.24, 2.45) is 5.16 Å². The Balaban J connectivity index is 3.19. The second-order valence-corrected chi connectivity index (χ2v) is 9.42. The zero-order valence-corrected chi connectivity index (χ0v) is 20.9. The molecule has 0 fully saturated rings. The summed E-state index contributed by atoms with van der Waals surface area (Å²) in [5.74, 6) is -0.722. The molecule has 34 heavy (non-hydrogen) atoms. The van der Waals surface area contributed by atoms with Crippen LogP contribution in [0.4, 0.5) is 15.3 Å². The first kappa shape index (κ1) is 28.6. The van der Waals surface area contributed by atoms with Crippen molar-refractivity contribution in [3.05, 3.63) is 42.5 Å². The summed E-state index contributed by atoms with van der Waals surface area (Å²) in [7, 11) is 0. The molecule has 188 valence electrons. The van der Waals surface area contributed by atoms with Gasteiger partial charge in [0.1, 0.15) is 12.2 Å². The van der Waals surface area contributed by atoms with Crippen LogP contribution in [0.3, 0.4) is 0 Å². The van der Waals surface area contributed by atoms with Crippen molar-refractivity contribution in [1.29, 1.82) is 0 Å². The predicted molar refractivity (Wildman–Crippen MR) is 128 cm³/mol. The van der Waals surface area contributed by atoms with Gasteiger partial charge in [0.15, 0.2) is 6.10 Å². The van der Waals surface area contributed by atoms with E-state index in [0.717, 1.165) is 4.90 Å². The van der Waals surface area contributed by atoms with Crippen molar-refractivity contribution in [3.8, 4) is 0 Å². The van der Waals surface area contributed by atoms with Crippen LogP contribution in [-0.2, 0) is 19.0 Å². The topological polar surface area (TPSA) is 127 Å². The number of amides is 3. The molecule has 0 saturated heterocycles. The molecule has 1 aromatic rings. The van der Waals surface area contributed by atoms with Gasteiger partial charge in [0.05, 0.1) is 17.9 Å². The second-order valence-electron chi connectivity index (χ2n) is 9.42. The molecule has 0 aliphatic carbocycles. The van der Waals surface area contributed by atoms with Gasteiger partial charge >= 0.3 is 18.1 Å². The molecule has 0 bridgehead atoms. The minimum Gasteiger partial charge on any atom is -0.458 e. The lowest BCUT2D eigenvalue weighted by atomic mass is 10.1. The van der Waals surface area contributed by atoms with Gasteiger partial charge in [0, 0.05) is 5.69 Å². The number of nitrogens with one attached hydrogen (secondary N) is 1. The van der Waals surface area contributed by atoms with Crippen LogP contribution in [0.1, 0.15) is 54.0 Å². The zero-order chi connectivity index (χ0) is 26.1. The van der Waals surface area contributed by atoms with Crippen molar-refractivity contribution in [1.82, 2.24) is 4.90 Å². The van der Waals surface area contributed by atoms with E-state index in [1.54, 1.807) is 72.7 Å². The Morgan fingerprint density at radius 1 is 1.12 bits per heavy atom. The first-order valence-corrected chi connectivity index (χ1v) is 10.7. The largest absolute Gasteiger partial charge is 0.458 e. The Morgan fingerprint density at radius 2 is 1.71 bits per heavy atom. The number of hydrogen-bond donors (Lipinski definition) is 2. The van der Waals surface area contributed by atoms with Crippen LogP contribution >= 0.6 is 0 Å². The highest BCUT2D eigenvalue weighted by atomic mass is 16.6. The zero-order valence-electron chi connectivity index (χ0n) is 20.9. The number of imide groups is 1. The molecule has 0 aliphatic rings. The standard InChI is InChI=1S/C24H35N3O7/c1-9-14-32-22(30)27(15-19(33-23(3,4)5)20(28)34-24(6,7)8)21(29)25-18-12-10-17(11-13-18)16(2)26-31/h9-13,19,31H,1,14-15H2,2-8H3,(H,25,29). The molecule has 0 saturated carbocycles. The predicted octanol–water partition coefficient (Wildman–Crippen LogP) is 4.57. The number of ether oxygens (including phenoxy) is 3. The number of urea groups is 1. The van der Waals surface area contributed by atoms with Crippen molar-refractivity contribution in [2.45, 2.75) is 65.8 Å². The van der Waals surface area contributed by atoms with Gasteiger partial charge in [-0.1, -0.05) is 29.9 Å². The summed E-state index contributed by atoms with van der Waals surface area (Å²) in [4.78, 5) is 39.2. The van der Waals surface area contributed by atoms with Crippen LogP contribution in [0.15, 0.2) is 42.1 Å². The number of esters is 1. The van der Waals surface area contributed by atoms with Crippen molar-refractivity contribution >= 4 is 29.5 Å². The molecule has 1 unspecified atom stereocenters.